The third-order valence-corrected chi connectivity index (χ3v) is 4.74. The smallest absolute Gasteiger partial charge is 0.406 e. The molecule has 2 heterocycles. The number of sulfonamides is 1. The van der Waals surface area contributed by atoms with Crippen molar-refractivity contribution in [2.24, 2.45) is 0 Å². The van der Waals surface area contributed by atoms with Crippen LogP contribution in [0.4, 0.5) is 13.2 Å². The second-order valence-electron chi connectivity index (χ2n) is 6.38. The van der Waals surface area contributed by atoms with E-state index >= 15 is 0 Å². The van der Waals surface area contributed by atoms with Gasteiger partial charge in [-0.15, -0.1) is 0 Å². The predicted octanol–water partition coefficient (Wildman–Crippen LogP) is 1.18. The molecular formula is C15H22F3N3O4S. The van der Waals surface area contributed by atoms with E-state index in [1.54, 1.807) is 11.0 Å². The number of amides is 1. The molecule has 0 spiro atoms. The van der Waals surface area contributed by atoms with Crippen LogP contribution in [0.25, 0.3) is 0 Å². The Morgan fingerprint density at radius 2 is 2.04 bits per heavy atom. The molecule has 148 valence electrons. The van der Waals surface area contributed by atoms with E-state index in [1.807, 2.05) is 0 Å². The summed E-state index contributed by atoms with van der Waals surface area (Å²) in [5.41, 5.74) is 0. The van der Waals surface area contributed by atoms with Gasteiger partial charge in [-0.1, -0.05) is 0 Å². The van der Waals surface area contributed by atoms with Crippen molar-refractivity contribution in [2.45, 2.75) is 31.6 Å². The largest absolute Gasteiger partial charge is 0.467 e. The van der Waals surface area contributed by atoms with E-state index in [4.69, 9.17) is 4.42 Å². The molecule has 1 fully saturated rings. The highest BCUT2D eigenvalue weighted by Gasteiger charge is 2.34. The number of carbonyl (C=O) groups excluding carboxylic acids is 1. The highest BCUT2D eigenvalue weighted by atomic mass is 32.2. The lowest BCUT2D eigenvalue weighted by Gasteiger charge is -2.33. The Morgan fingerprint density at radius 3 is 2.54 bits per heavy atom. The van der Waals surface area contributed by atoms with Gasteiger partial charge in [-0.2, -0.15) is 13.2 Å². The lowest BCUT2D eigenvalue weighted by molar-refractivity contribution is -0.163. The quantitative estimate of drug-likeness (QED) is 0.747. The highest BCUT2D eigenvalue weighted by molar-refractivity contribution is 7.88. The normalized spacial score (nSPS) is 17.4. The van der Waals surface area contributed by atoms with Crippen LogP contribution in [-0.2, 0) is 21.4 Å². The first-order valence-electron chi connectivity index (χ1n) is 8.08. The monoisotopic (exact) mass is 397 g/mol. The fourth-order valence-electron chi connectivity index (χ4n) is 2.84. The van der Waals surface area contributed by atoms with Crippen LogP contribution in [0.15, 0.2) is 22.8 Å². The van der Waals surface area contributed by atoms with Crippen LogP contribution in [0.1, 0.15) is 18.6 Å². The van der Waals surface area contributed by atoms with Gasteiger partial charge in [0.2, 0.25) is 15.9 Å². The van der Waals surface area contributed by atoms with Crippen LogP contribution >= 0.6 is 0 Å². The van der Waals surface area contributed by atoms with E-state index in [1.165, 1.54) is 12.3 Å². The van der Waals surface area contributed by atoms with E-state index in [-0.39, 0.29) is 24.9 Å². The van der Waals surface area contributed by atoms with E-state index in [0.29, 0.717) is 25.9 Å². The van der Waals surface area contributed by atoms with Gasteiger partial charge in [-0.25, -0.2) is 13.1 Å². The summed E-state index contributed by atoms with van der Waals surface area (Å²) in [7, 11) is -3.31. The summed E-state index contributed by atoms with van der Waals surface area (Å²) in [6.45, 7) is -0.891. The summed E-state index contributed by atoms with van der Waals surface area (Å²) in [5, 5.41) is 0. The number of likely N-dealkylation sites (tertiary alicyclic amines) is 1. The number of hydrogen-bond donors (Lipinski definition) is 1. The maximum Gasteiger partial charge on any atom is 0.406 e. The lowest BCUT2D eigenvalue weighted by atomic mass is 10.1. The molecule has 11 heteroatoms. The molecule has 1 N–H and O–H groups in total. The fraction of sp³-hybridized carbons (Fsp3) is 0.667. The third-order valence-electron chi connectivity index (χ3n) is 3.98. The minimum Gasteiger partial charge on any atom is -0.467 e. The number of piperidine rings is 1. The molecule has 2 rings (SSSR count). The van der Waals surface area contributed by atoms with Crippen LogP contribution in [0.3, 0.4) is 0 Å². The number of nitrogens with zero attached hydrogens (tertiary/aromatic N) is 2. The number of halogens is 3. The van der Waals surface area contributed by atoms with Crippen molar-refractivity contribution in [3.63, 3.8) is 0 Å². The molecule has 7 nitrogen and oxygen atoms in total. The number of nitrogens with one attached hydrogen (secondary N) is 1. The number of hydrogen-bond acceptors (Lipinski definition) is 5. The van der Waals surface area contributed by atoms with Crippen molar-refractivity contribution in [3.8, 4) is 0 Å². The van der Waals surface area contributed by atoms with Crippen molar-refractivity contribution in [1.82, 2.24) is 14.5 Å². The highest BCUT2D eigenvalue weighted by Crippen LogP contribution is 2.19. The van der Waals surface area contributed by atoms with E-state index < -0.39 is 28.7 Å². The Labute approximate surface area is 150 Å². The molecular weight excluding hydrogens is 375 g/mol. The summed E-state index contributed by atoms with van der Waals surface area (Å²) in [4.78, 5) is 14.8. The van der Waals surface area contributed by atoms with Crippen molar-refractivity contribution in [2.75, 3.05) is 32.4 Å². The number of alkyl halides is 3. The molecule has 0 atom stereocenters. The standard InChI is InChI=1S/C15H22F3N3O4S/c1-26(23,24)19-12-4-6-20(7-5-12)10-14(22)21(11-15(16,17)18)9-13-3-2-8-25-13/h2-3,8,12,19H,4-7,9-11H2,1H3. The van der Waals surface area contributed by atoms with Gasteiger partial charge in [-0.05, 0) is 25.0 Å². The predicted molar refractivity (Wildman–Crippen MR) is 87.6 cm³/mol. The zero-order chi connectivity index (χ0) is 19.4. The molecule has 0 aliphatic carbocycles. The maximum atomic E-state index is 12.8. The zero-order valence-corrected chi connectivity index (χ0v) is 15.1. The minimum absolute atomic E-state index is 0.150. The Balaban J connectivity index is 1.90. The summed E-state index contributed by atoms with van der Waals surface area (Å²) in [6.07, 6.45) is -1.10. The van der Waals surface area contributed by atoms with Crippen LogP contribution in [0, 0.1) is 0 Å². The van der Waals surface area contributed by atoms with Crippen molar-refractivity contribution in [3.05, 3.63) is 24.2 Å². The van der Waals surface area contributed by atoms with Gasteiger partial charge in [0.15, 0.2) is 0 Å². The topological polar surface area (TPSA) is 82.9 Å². The number of rotatable bonds is 7. The summed E-state index contributed by atoms with van der Waals surface area (Å²) < 4.78 is 68.3. The van der Waals surface area contributed by atoms with Crippen molar-refractivity contribution < 1.29 is 30.8 Å². The molecule has 1 saturated heterocycles. The third kappa shape index (κ3) is 7.34. The van der Waals surface area contributed by atoms with E-state index in [0.717, 1.165) is 11.2 Å². The van der Waals surface area contributed by atoms with E-state index in [9.17, 15) is 26.4 Å². The Hall–Kier alpha value is -1.59. The summed E-state index contributed by atoms with van der Waals surface area (Å²) in [6, 6.07) is 2.84. The maximum absolute atomic E-state index is 12.8. The Kier molecular flexibility index (Phi) is 6.69. The first-order valence-corrected chi connectivity index (χ1v) is 9.97. The molecule has 0 aromatic carbocycles. The van der Waals surface area contributed by atoms with E-state index in [2.05, 4.69) is 4.72 Å². The van der Waals surface area contributed by atoms with Gasteiger partial charge < -0.3 is 9.32 Å². The Morgan fingerprint density at radius 1 is 1.38 bits per heavy atom. The average Bonchev–Trinajstić information content (AvgIpc) is 2.98. The molecule has 0 bridgehead atoms. The second-order valence-corrected chi connectivity index (χ2v) is 8.16. The van der Waals surface area contributed by atoms with Gasteiger partial charge in [0, 0.05) is 19.1 Å². The zero-order valence-electron chi connectivity index (χ0n) is 14.3. The number of carbonyl (C=O) groups is 1. The van der Waals surface area contributed by atoms with Crippen molar-refractivity contribution >= 4 is 15.9 Å². The molecule has 1 aliphatic heterocycles. The molecule has 0 saturated carbocycles. The van der Waals surface area contributed by atoms with Crippen LogP contribution in [0.2, 0.25) is 0 Å². The molecule has 1 aromatic heterocycles. The Bertz CT molecular complexity index is 683. The fourth-order valence-corrected chi connectivity index (χ4v) is 3.68. The van der Waals surface area contributed by atoms with Gasteiger partial charge in [0.25, 0.3) is 0 Å². The average molecular weight is 397 g/mol. The number of furan rings is 1. The van der Waals surface area contributed by atoms with Crippen LogP contribution < -0.4 is 4.72 Å². The van der Waals surface area contributed by atoms with Crippen LogP contribution in [0.5, 0.6) is 0 Å². The SMILES string of the molecule is CS(=O)(=O)NC1CCN(CC(=O)N(Cc2ccco2)CC(F)(F)F)CC1. The van der Waals surface area contributed by atoms with Crippen molar-refractivity contribution in [1.29, 1.82) is 0 Å². The van der Waals surface area contributed by atoms with Gasteiger partial charge in [-0.3, -0.25) is 9.69 Å². The summed E-state index contributed by atoms with van der Waals surface area (Å²) >= 11 is 0. The molecule has 0 radical (unpaired) electrons. The minimum atomic E-state index is -4.51. The first kappa shape index (κ1) is 20.7. The van der Waals surface area contributed by atoms with Crippen LogP contribution in [-0.4, -0.2) is 68.8 Å². The molecule has 1 aromatic rings. The molecule has 1 aliphatic rings. The molecule has 0 unspecified atom stereocenters. The van der Waals surface area contributed by atoms with Gasteiger partial charge >= 0.3 is 6.18 Å². The van der Waals surface area contributed by atoms with Gasteiger partial charge in [0.05, 0.1) is 25.6 Å². The lowest BCUT2D eigenvalue weighted by Crippen LogP contribution is -2.49. The second kappa shape index (κ2) is 8.40. The summed E-state index contributed by atoms with van der Waals surface area (Å²) in [5.74, 6) is -0.369. The van der Waals surface area contributed by atoms with Gasteiger partial charge in [0.1, 0.15) is 12.3 Å². The first-order chi connectivity index (χ1) is 12.0. The molecule has 26 heavy (non-hydrogen) atoms. The molecule has 1 amide bonds.